The smallest absolute Gasteiger partial charge is 0.295 e. The van der Waals surface area contributed by atoms with Crippen molar-refractivity contribution >= 4 is 17.4 Å². The molecule has 2 aromatic heterocycles. The Morgan fingerprint density at radius 3 is 2.47 bits per heavy atom. The summed E-state index contributed by atoms with van der Waals surface area (Å²) < 4.78 is 13.7. The van der Waals surface area contributed by atoms with Crippen LogP contribution in [0.2, 0.25) is 0 Å². The molecule has 4 rings (SSSR count). The molecule has 1 amide bonds. The third-order valence-corrected chi connectivity index (χ3v) is 5.05. The van der Waals surface area contributed by atoms with Crippen molar-refractivity contribution in [3.8, 4) is 0 Å². The van der Waals surface area contributed by atoms with E-state index in [4.69, 9.17) is 0 Å². The van der Waals surface area contributed by atoms with Gasteiger partial charge in [0, 0.05) is 36.9 Å². The highest BCUT2D eigenvalue weighted by Crippen LogP contribution is 2.40. The lowest BCUT2D eigenvalue weighted by molar-refractivity contribution is -0.140. The first-order valence-corrected chi connectivity index (χ1v) is 9.31. The molecule has 1 N–H and O–H groups in total. The Hall–Kier alpha value is -3.87. The van der Waals surface area contributed by atoms with E-state index in [1.165, 1.54) is 23.1 Å². The van der Waals surface area contributed by atoms with Crippen molar-refractivity contribution in [3.05, 3.63) is 101 Å². The molecule has 1 atom stereocenters. The minimum Gasteiger partial charge on any atom is -0.507 e. The van der Waals surface area contributed by atoms with Gasteiger partial charge in [-0.1, -0.05) is 12.1 Å². The average molecular weight is 403 g/mol. The third-order valence-electron chi connectivity index (χ3n) is 5.05. The van der Waals surface area contributed by atoms with Crippen LogP contribution < -0.4 is 0 Å². The number of aromatic nitrogens is 2. The number of carbonyl (C=O) groups is 2. The number of ketones is 1. The molecule has 1 saturated heterocycles. The second-order valence-electron chi connectivity index (χ2n) is 7.04. The summed E-state index contributed by atoms with van der Waals surface area (Å²) in [4.78, 5) is 35.4. The molecule has 1 aromatic carbocycles. The number of pyridine rings is 2. The number of hydrogen-bond donors (Lipinski definition) is 1. The number of nitrogens with zero attached hydrogens (tertiary/aromatic N) is 3. The summed E-state index contributed by atoms with van der Waals surface area (Å²) in [6, 6.07) is 10.2. The number of aliphatic hydroxyl groups is 1. The van der Waals surface area contributed by atoms with E-state index in [1.54, 1.807) is 56.0 Å². The number of hydrogen-bond acceptors (Lipinski definition) is 5. The van der Waals surface area contributed by atoms with Gasteiger partial charge in [-0.15, -0.1) is 0 Å². The monoisotopic (exact) mass is 403 g/mol. The van der Waals surface area contributed by atoms with Crippen molar-refractivity contribution in [3.63, 3.8) is 0 Å². The van der Waals surface area contributed by atoms with Gasteiger partial charge in [0.05, 0.1) is 11.6 Å². The number of likely N-dealkylation sites (tertiary alicyclic amines) is 1. The van der Waals surface area contributed by atoms with Crippen LogP contribution in [0.4, 0.5) is 4.39 Å². The molecule has 1 aliphatic rings. The van der Waals surface area contributed by atoms with Crippen LogP contribution in [0.3, 0.4) is 0 Å². The van der Waals surface area contributed by atoms with Crippen LogP contribution in [0.1, 0.15) is 28.3 Å². The van der Waals surface area contributed by atoms with Crippen molar-refractivity contribution in [1.29, 1.82) is 0 Å². The van der Waals surface area contributed by atoms with Crippen molar-refractivity contribution in [1.82, 2.24) is 14.9 Å². The van der Waals surface area contributed by atoms with Crippen LogP contribution in [0.5, 0.6) is 0 Å². The van der Waals surface area contributed by atoms with Gasteiger partial charge in [0.2, 0.25) is 0 Å². The third kappa shape index (κ3) is 3.45. The number of rotatable bonds is 4. The summed E-state index contributed by atoms with van der Waals surface area (Å²) in [5.74, 6) is -2.30. The number of aliphatic hydroxyl groups excluding tert-OH is 1. The van der Waals surface area contributed by atoms with Crippen LogP contribution in [0.15, 0.2) is 72.8 Å². The van der Waals surface area contributed by atoms with Gasteiger partial charge in [0.15, 0.2) is 0 Å². The van der Waals surface area contributed by atoms with E-state index >= 15 is 0 Å². The molecule has 3 heterocycles. The fourth-order valence-corrected chi connectivity index (χ4v) is 3.56. The molecule has 1 fully saturated rings. The van der Waals surface area contributed by atoms with E-state index < -0.39 is 23.5 Å². The SMILES string of the molecule is Cc1cc(/C(O)=C2/C(=O)C(=O)N(Cc3cccnc3)C2c2cccnc2)ccc1F. The zero-order valence-corrected chi connectivity index (χ0v) is 16.1. The first-order valence-electron chi connectivity index (χ1n) is 9.31. The van der Waals surface area contributed by atoms with E-state index in [2.05, 4.69) is 9.97 Å². The molecule has 0 saturated carbocycles. The maximum Gasteiger partial charge on any atom is 0.295 e. The minimum atomic E-state index is -0.829. The number of halogens is 1. The summed E-state index contributed by atoms with van der Waals surface area (Å²) in [6.07, 6.45) is 6.37. The molecule has 6 nitrogen and oxygen atoms in total. The van der Waals surface area contributed by atoms with E-state index in [1.807, 2.05) is 0 Å². The normalized spacial score (nSPS) is 18.1. The number of carbonyl (C=O) groups excluding carboxylic acids is 2. The van der Waals surface area contributed by atoms with Crippen molar-refractivity contribution < 1.29 is 19.1 Å². The molecule has 1 unspecified atom stereocenters. The number of aryl methyl sites for hydroxylation is 1. The molecule has 150 valence electrons. The Morgan fingerprint density at radius 2 is 1.83 bits per heavy atom. The van der Waals surface area contributed by atoms with Crippen molar-refractivity contribution in [2.75, 3.05) is 0 Å². The summed E-state index contributed by atoms with van der Waals surface area (Å²) in [7, 11) is 0. The van der Waals surface area contributed by atoms with Gasteiger partial charge >= 0.3 is 0 Å². The summed E-state index contributed by atoms with van der Waals surface area (Å²) >= 11 is 0. The van der Waals surface area contributed by atoms with Gasteiger partial charge < -0.3 is 10.0 Å². The lowest BCUT2D eigenvalue weighted by Gasteiger charge is -2.25. The van der Waals surface area contributed by atoms with Crippen LogP contribution >= 0.6 is 0 Å². The molecular formula is C23H18FN3O3. The van der Waals surface area contributed by atoms with E-state index in [-0.39, 0.29) is 23.4 Å². The predicted octanol–water partition coefficient (Wildman–Crippen LogP) is 3.55. The van der Waals surface area contributed by atoms with E-state index in [9.17, 15) is 19.1 Å². The Morgan fingerprint density at radius 1 is 1.10 bits per heavy atom. The van der Waals surface area contributed by atoms with E-state index in [0.29, 0.717) is 11.1 Å². The first kappa shape index (κ1) is 19.4. The number of Topliss-reactive ketones (excluding diaryl/α,β-unsaturated/α-hetero) is 1. The van der Waals surface area contributed by atoms with Gasteiger partial charge in [0.1, 0.15) is 11.6 Å². The van der Waals surface area contributed by atoms with Crippen LogP contribution in [-0.2, 0) is 16.1 Å². The molecule has 7 heteroatoms. The maximum atomic E-state index is 13.7. The Bertz CT molecular complexity index is 1150. The lowest BCUT2D eigenvalue weighted by Crippen LogP contribution is -2.29. The summed E-state index contributed by atoms with van der Waals surface area (Å²) in [5.41, 5.74) is 1.86. The molecule has 30 heavy (non-hydrogen) atoms. The largest absolute Gasteiger partial charge is 0.507 e. The van der Waals surface area contributed by atoms with Gasteiger partial charge in [-0.2, -0.15) is 0 Å². The highest BCUT2D eigenvalue weighted by Gasteiger charge is 2.46. The second-order valence-corrected chi connectivity index (χ2v) is 7.04. The van der Waals surface area contributed by atoms with Gasteiger partial charge in [-0.25, -0.2) is 4.39 Å². The predicted molar refractivity (Wildman–Crippen MR) is 107 cm³/mol. The molecular weight excluding hydrogens is 385 g/mol. The molecule has 0 aliphatic carbocycles. The Balaban J connectivity index is 1.86. The molecule has 1 aliphatic heterocycles. The molecule has 3 aromatic rings. The number of benzene rings is 1. The summed E-state index contributed by atoms with van der Waals surface area (Å²) in [5, 5.41) is 11.0. The van der Waals surface area contributed by atoms with Gasteiger partial charge in [0.25, 0.3) is 11.7 Å². The van der Waals surface area contributed by atoms with Crippen molar-refractivity contribution in [2.24, 2.45) is 0 Å². The fourth-order valence-electron chi connectivity index (χ4n) is 3.56. The zero-order valence-electron chi connectivity index (χ0n) is 16.1. The van der Waals surface area contributed by atoms with Crippen LogP contribution in [0, 0.1) is 12.7 Å². The maximum absolute atomic E-state index is 13.7. The Kier molecular flexibility index (Phi) is 5.10. The quantitative estimate of drug-likeness (QED) is 0.409. The standard InChI is InChI=1S/C23H18FN3O3/c1-14-10-16(6-7-18(14)24)21(28)19-20(17-5-3-9-26-12-17)27(23(30)22(19)29)13-15-4-2-8-25-11-15/h2-12,20,28H,13H2,1H3/b21-19-. The molecule has 0 radical (unpaired) electrons. The fraction of sp³-hybridized carbons (Fsp3) is 0.130. The second kappa shape index (κ2) is 7.87. The Labute approximate surface area is 172 Å². The van der Waals surface area contributed by atoms with E-state index in [0.717, 1.165) is 5.56 Å². The van der Waals surface area contributed by atoms with Gasteiger partial charge in [-0.3, -0.25) is 19.6 Å². The van der Waals surface area contributed by atoms with Crippen molar-refractivity contribution in [2.45, 2.75) is 19.5 Å². The first-order chi connectivity index (χ1) is 14.5. The zero-order chi connectivity index (χ0) is 21.3. The lowest BCUT2D eigenvalue weighted by atomic mass is 9.95. The van der Waals surface area contributed by atoms with Crippen LogP contribution in [0.25, 0.3) is 5.76 Å². The molecule has 0 spiro atoms. The summed E-state index contributed by atoms with van der Waals surface area (Å²) in [6.45, 7) is 1.70. The number of amides is 1. The highest BCUT2D eigenvalue weighted by atomic mass is 19.1. The van der Waals surface area contributed by atoms with Gasteiger partial charge in [-0.05, 0) is 53.9 Å². The topological polar surface area (TPSA) is 83.4 Å². The average Bonchev–Trinajstić information content (AvgIpc) is 3.01. The minimum absolute atomic E-state index is 0.0529. The molecule has 0 bridgehead atoms. The van der Waals surface area contributed by atoms with Crippen LogP contribution in [-0.4, -0.2) is 31.7 Å². The highest BCUT2D eigenvalue weighted by molar-refractivity contribution is 6.46.